The van der Waals surface area contributed by atoms with Crippen molar-refractivity contribution in [3.05, 3.63) is 41.2 Å². The van der Waals surface area contributed by atoms with Crippen molar-refractivity contribution in [3.63, 3.8) is 0 Å². The van der Waals surface area contributed by atoms with E-state index in [1.807, 2.05) is 0 Å². The fourth-order valence-corrected chi connectivity index (χ4v) is 2.57. The molecule has 0 spiro atoms. The second-order valence-electron chi connectivity index (χ2n) is 3.79. The summed E-state index contributed by atoms with van der Waals surface area (Å²) in [6.45, 7) is 1.72. The average Bonchev–Trinajstić information content (AvgIpc) is 2.35. The highest BCUT2D eigenvalue weighted by Crippen LogP contribution is 2.25. The Kier molecular flexibility index (Phi) is 3.59. The molecule has 0 unspecified atom stereocenters. The fraction of sp³-hybridized carbons (Fsp3) is 0.0909. The molecule has 0 aliphatic carbocycles. The Hall–Kier alpha value is -1.86. The number of aromatic nitrogens is 2. The largest absolute Gasteiger partial charge is 0.368 e. The van der Waals surface area contributed by atoms with Crippen LogP contribution in [-0.2, 0) is 10.0 Å². The maximum Gasteiger partial charge on any atom is 0.264 e. The highest BCUT2D eigenvalue weighted by atomic mass is 35.5. The predicted octanol–water partition coefficient (Wildman–Crippen LogP) is 1.82. The molecule has 0 aliphatic rings. The van der Waals surface area contributed by atoms with Gasteiger partial charge in [0.2, 0.25) is 5.95 Å². The number of sulfonamides is 1. The maximum absolute atomic E-state index is 12.1. The van der Waals surface area contributed by atoms with Crippen molar-refractivity contribution in [2.45, 2.75) is 11.8 Å². The summed E-state index contributed by atoms with van der Waals surface area (Å²) in [6.07, 6.45) is 2.29. The summed E-state index contributed by atoms with van der Waals surface area (Å²) in [6, 6.07) is 4.96. The SMILES string of the molecule is Cc1c(Cl)cccc1NS(=O)(=O)c1cnc(N)nc1. The van der Waals surface area contributed by atoms with Gasteiger partial charge in [0.25, 0.3) is 10.0 Å². The Labute approximate surface area is 115 Å². The Bertz CT molecular complexity index is 701. The van der Waals surface area contributed by atoms with Crippen LogP contribution >= 0.6 is 11.6 Å². The van der Waals surface area contributed by atoms with Crippen LogP contribution in [0.25, 0.3) is 0 Å². The Morgan fingerprint density at radius 2 is 1.89 bits per heavy atom. The first-order chi connectivity index (χ1) is 8.90. The molecule has 6 nitrogen and oxygen atoms in total. The van der Waals surface area contributed by atoms with Gasteiger partial charge in [0.05, 0.1) is 18.1 Å². The van der Waals surface area contributed by atoms with Crippen molar-refractivity contribution in [2.75, 3.05) is 10.5 Å². The summed E-state index contributed by atoms with van der Waals surface area (Å²) in [4.78, 5) is 7.23. The Balaban J connectivity index is 2.36. The summed E-state index contributed by atoms with van der Waals surface area (Å²) in [5.74, 6) is 0.0119. The van der Waals surface area contributed by atoms with Gasteiger partial charge in [-0.2, -0.15) is 0 Å². The number of rotatable bonds is 3. The van der Waals surface area contributed by atoms with Crippen molar-refractivity contribution in [2.24, 2.45) is 0 Å². The van der Waals surface area contributed by atoms with Crippen LogP contribution in [0.15, 0.2) is 35.5 Å². The summed E-state index contributed by atoms with van der Waals surface area (Å²) in [5, 5.41) is 0.480. The number of anilines is 2. The second kappa shape index (κ2) is 5.02. The van der Waals surface area contributed by atoms with Gasteiger partial charge in [-0.3, -0.25) is 4.72 Å². The molecular weight excluding hydrogens is 288 g/mol. The van der Waals surface area contributed by atoms with Crippen molar-refractivity contribution in [1.29, 1.82) is 0 Å². The van der Waals surface area contributed by atoms with E-state index in [9.17, 15) is 8.42 Å². The van der Waals surface area contributed by atoms with Crippen LogP contribution in [0, 0.1) is 6.92 Å². The van der Waals surface area contributed by atoms with Crippen LogP contribution in [0.5, 0.6) is 0 Å². The van der Waals surface area contributed by atoms with Gasteiger partial charge in [0.15, 0.2) is 0 Å². The highest BCUT2D eigenvalue weighted by Gasteiger charge is 2.16. The lowest BCUT2D eigenvalue weighted by atomic mass is 10.2. The Morgan fingerprint density at radius 3 is 2.53 bits per heavy atom. The smallest absolute Gasteiger partial charge is 0.264 e. The number of halogens is 1. The zero-order valence-corrected chi connectivity index (χ0v) is 11.5. The lowest BCUT2D eigenvalue weighted by molar-refractivity contribution is 0.600. The van der Waals surface area contributed by atoms with E-state index in [1.54, 1.807) is 25.1 Å². The molecule has 19 heavy (non-hydrogen) atoms. The van der Waals surface area contributed by atoms with Crippen molar-refractivity contribution >= 4 is 33.3 Å². The molecule has 0 saturated carbocycles. The highest BCUT2D eigenvalue weighted by molar-refractivity contribution is 7.92. The van der Waals surface area contributed by atoms with E-state index in [0.29, 0.717) is 16.3 Å². The minimum absolute atomic E-state index is 0.0119. The third kappa shape index (κ3) is 2.94. The van der Waals surface area contributed by atoms with Gasteiger partial charge in [-0.15, -0.1) is 0 Å². The lowest BCUT2D eigenvalue weighted by Crippen LogP contribution is -2.14. The number of hydrogen-bond donors (Lipinski definition) is 2. The number of nitrogens with one attached hydrogen (secondary N) is 1. The van der Waals surface area contributed by atoms with E-state index in [-0.39, 0.29) is 10.8 Å². The monoisotopic (exact) mass is 298 g/mol. The molecule has 2 rings (SSSR count). The van der Waals surface area contributed by atoms with Crippen molar-refractivity contribution < 1.29 is 8.42 Å². The molecule has 0 amide bonds. The van der Waals surface area contributed by atoms with Gasteiger partial charge >= 0.3 is 0 Å². The third-order valence-corrected chi connectivity index (χ3v) is 4.20. The third-order valence-electron chi connectivity index (χ3n) is 2.47. The topological polar surface area (TPSA) is 98.0 Å². The molecule has 1 heterocycles. The quantitative estimate of drug-likeness (QED) is 0.900. The van der Waals surface area contributed by atoms with Crippen LogP contribution in [-0.4, -0.2) is 18.4 Å². The molecule has 8 heteroatoms. The molecule has 2 aromatic rings. The first-order valence-corrected chi connectivity index (χ1v) is 7.12. The van der Waals surface area contributed by atoms with Crippen LogP contribution in [0.2, 0.25) is 5.02 Å². The maximum atomic E-state index is 12.1. The summed E-state index contributed by atoms with van der Waals surface area (Å²) >= 11 is 5.93. The van der Waals surface area contributed by atoms with E-state index in [4.69, 9.17) is 17.3 Å². The summed E-state index contributed by atoms with van der Waals surface area (Å²) in [5.41, 5.74) is 6.36. The minimum Gasteiger partial charge on any atom is -0.368 e. The fourth-order valence-electron chi connectivity index (χ4n) is 1.39. The molecule has 0 bridgehead atoms. The van der Waals surface area contributed by atoms with E-state index >= 15 is 0 Å². The van der Waals surface area contributed by atoms with E-state index < -0.39 is 10.0 Å². The average molecular weight is 299 g/mol. The Morgan fingerprint density at radius 1 is 1.26 bits per heavy atom. The normalized spacial score (nSPS) is 11.3. The van der Waals surface area contributed by atoms with Crippen LogP contribution in [0.1, 0.15) is 5.56 Å². The summed E-state index contributed by atoms with van der Waals surface area (Å²) in [7, 11) is -3.76. The minimum atomic E-state index is -3.76. The van der Waals surface area contributed by atoms with E-state index in [1.165, 1.54) is 0 Å². The number of nitrogen functional groups attached to an aromatic ring is 1. The summed E-state index contributed by atoms with van der Waals surface area (Å²) < 4.78 is 26.6. The van der Waals surface area contributed by atoms with Crippen LogP contribution in [0.3, 0.4) is 0 Å². The van der Waals surface area contributed by atoms with E-state index in [2.05, 4.69) is 14.7 Å². The molecule has 100 valence electrons. The zero-order chi connectivity index (χ0) is 14.0. The first-order valence-electron chi connectivity index (χ1n) is 5.25. The number of nitrogens with two attached hydrogens (primary N) is 1. The number of hydrogen-bond acceptors (Lipinski definition) is 5. The molecule has 1 aromatic heterocycles. The van der Waals surface area contributed by atoms with Crippen molar-refractivity contribution in [1.82, 2.24) is 9.97 Å². The van der Waals surface area contributed by atoms with Crippen LogP contribution in [0.4, 0.5) is 11.6 Å². The molecule has 0 aliphatic heterocycles. The molecule has 0 radical (unpaired) electrons. The van der Waals surface area contributed by atoms with Gasteiger partial charge < -0.3 is 5.73 Å². The molecule has 0 saturated heterocycles. The van der Waals surface area contributed by atoms with Gasteiger partial charge in [0, 0.05) is 5.02 Å². The standard InChI is InChI=1S/C11H11ClN4O2S/c1-7-9(12)3-2-4-10(7)16-19(17,18)8-5-14-11(13)15-6-8/h2-6,16H,1H3,(H2,13,14,15). The second-order valence-corrected chi connectivity index (χ2v) is 5.88. The van der Waals surface area contributed by atoms with Crippen LogP contribution < -0.4 is 10.5 Å². The van der Waals surface area contributed by atoms with Gasteiger partial charge in [-0.05, 0) is 24.6 Å². The molecule has 3 N–H and O–H groups in total. The van der Waals surface area contributed by atoms with E-state index in [0.717, 1.165) is 12.4 Å². The van der Waals surface area contributed by atoms with Gasteiger partial charge in [-0.1, -0.05) is 17.7 Å². The van der Waals surface area contributed by atoms with Gasteiger partial charge in [0.1, 0.15) is 4.90 Å². The van der Waals surface area contributed by atoms with Crippen molar-refractivity contribution in [3.8, 4) is 0 Å². The zero-order valence-electron chi connectivity index (χ0n) is 9.96. The molecule has 0 fully saturated rings. The molecule has 1 aromatic carbocycles. The number of nitrogens with zero attached hydrogens (tertiary/aromatic N) is 2. The predicted molar refractivity (Wildman–Crippen MR) is 73.4 cm³/mol. The van der Waals surface area contributed by atoms with Gasteiger partial charge in [-0.25, -0.2) is 18.4 Å². The molecular formula is C11H11ClN4O2S. The first kappa shape index (κ1) is 13.6. The lowest BCUT2D eigenvalue weighted by Gasteiger charge is -2.10. The number of benzene rings is 1. The molecule has 0 atom stereocenters.